The third-order valence-corrected chi connectivity index (χ3v) is 8.27. The Labute approximate surface area is 245 Å². The van der Waals surface area contributed by atoms with E-state index >= 15 is 0 Å². The van der Waals surface area contributed by atoms with Crippen LogP contribution in [0.5, 0.6) is 0 Å². The number of nitrogens with zero attached hydrogens (tertiary/aromatic N) is 2. The molecule has 2 fully saturated rings. The predicted octanol–water partition coefficient (Wildman–Crippen LogP) is 4.93. The lowest BCUT2D eigenvalue weighted by molar-refractivity contribution is -0.164. The number of aryl methyl sites for hydroxylation is 1. The van der Waals surface area contributed by atoms with Crippen LogP contribution in [0.4, 0.5) is 0 Å². The number of nitrogens with one attached hydrogen (secondary N) is 1. The molecule has 7 nitrogen and oxygen atoms in total. The van der Waals surface area contributed by atoms with Gasteiger partial charge in [0.1, 0.15) is 17.2 Å². The number of esters is 1. The molecule has 41 heavy (non-hydrogen) atoms. The zero-order valence-corrected chi connectivity index (χ0v) is 25.1. The van der Waals surface area contributed by atoms with Crippen LogP contribution in [0.1, 0.15) is 76.8 Å². The first-order valence-corrected chi connectivity index (χ1v) is 15.3. The van der Waals surface area contributed by atoms with E-state index in [1.807, 2.05) is 51.1 Å². The predicted molar refractivity (Wildman–Crippen MR) is 161 cm³/mol. The van der Waals surface area contributed by atoms with Crippen LogP contribution >= 0.6 is 0 Å². The average molecular weight is 562 g/mol. The van der Waals surface area contributed by atoms with Crippen molar-refractivity contribution in [2.45, 2.75) is 95.7 Å². The lowest BCUT2D eigenvalue weighted by Gasteiger charge is -2.51. The summed E-state index contributed by atoms with van der Waals surface area (Å²) in [5, 5.41) is 3.06. The van der Waals surface area contributed by atoms with Crippen molar-refractivity contribution in [2.24, 2.45) is 0 Å². The van der Waals surface area contributed by atoms with Crippen molar-refractivity contribution in [3.05, 3.63) is 71.8 Å². The summed E-state index contributed by atoms with van der Waals surface area (Å²) in [6.07, 6.45) is 7.52. The van der Waals surface area contributed by atoms with Gasteiger partial charge in [0, 0.05) is 26.1 Å². The molecule has 4 rings (SSSR count). The van der Waals surface area contributed by atoms with Crippen LogP contribution in [0.15, 0.2) is 60.7 Å². The van der Waals surface area contributed by atoms with Gasteiger partial charge in [-0.2, -0.15) is 0 Å². The molecule has 0 aliphatic carbocycles. The number of carbonyl (C=O) groups excluding carboxylic acids is 3. The molecule has 2 amide bonds. The monoisotopic (exact) mass is 561 g/mol. The van der Waals surface area contributed by atoms with Gasteiger partial charge in [-0.1, -0.05) is 73.5 Å². The Hall–Kier alpha value is -3.19. The van der Waals surface area contributed by atoms with E-state index in [0.29, 0.717) is 19.3 Å². The minimum absolute atomic E-state index is 0.0722. The van der Waals surface area contributed by atoms with Crippen LogP contribution in [0.25, 0.3) is 0 Å². The van der Waals surface area contributed by atoms with Crippen LogP contribution in [0, 0.1) is 0 Å². The van der Waals surface area contributed by atoms with E-state index in [0.717, 1.165) is 38.0 Å². The number of benzene rings is 2. The number of hydrogen-bond donors (Lipinski definition) is 1. The minimum Gasteiger partial charge on any atom is -0.460 e. The normalized spacial score (nSPS) is 19.3. The van der Waals surface area contributed by atoms with Crippen LogP contribution in [-0.4, -0.2) is 70.9 Å². The molecular weight excluding hydrogens is 514 g/mol. The Morgan fingerprint density at radius 3 is 2.12 bits per heavy atom. The van der Waals surface area contributed by atoms with E-state index < -0.39 is 17.2 Å². The first-order chi connectivity index (χ1) is 19.7. The Bertz CT molecular complexity index is 1140. The molecule has 2 aliphatic heterocycles. The highest BCUT2D eigenvalue weighted by Crippen LogP contribution is 2.34. The van der Waals surface area contributed by atoms with Crippen molar-refractivity contribution in [3.63, 3.8) is 0 Å². The van der Waals surface area contributed by atoms with E-state index in [4.69, 9.17) is 4.74 Å². The summed E-state index contributed by atoms with van der Waals surface area (Å²) in [5.74, 6) is -0.553. The van der Waals surface area contributed by atoms with Gasteiger partial charge < -0.3 is 19.9 Å². The summed E-state index contributed by atoms with van der Waals surface area (Å²) in [5.41, 5.74) is 0.878. The van der Waals surface area contributed by atoms with Gasteiger partial charge in [-0.25, -0.2) is 0 Å². The van der Waals surface area contributed by atoms with Gasteiger partial charge in [-0.15, -0.1) is 0 Å². The zero-order valence-electron chi connectivity index (χ0n) is 25.1. The van der Waals surface area contributed by atoms with Gasteiger partial charge >= 0.3 is 5.97 Å². The number of piperazine rings is 1. The topological polar surface area (TPSA) is 79.0 Å². The molecule has 2 aromatic rings. The van der Waals surface area contributed by atoms with Crippen molar-refractivity contribution in [1.29, 1.82) is 0 Å². The number of rotatable bonds is 12. The fourth-order valence-corrected chi connectivity index (χ4v) is 6.09. The van der Waals surface area contributed by atoms with Gasteiger partial charge in [0.05, 0.1) is 6.42 Å². The molecule has 2 aromatic carbocycles. The van der Waals surface area contributed by atoms with Crippen molar-refractivity contribution in [3.8, 4) is 0 Å². The summed E-state index contributed by atoms with van der Waals surface area (Å²) >= 11 is 0. The molecular formula is C34H47N3O4. The summed E-state index contributed by atoms with van der Waals surface area (Å²) in [6.45, 7) is 8.22. The number of likely N-dealkylation sites (tertiary alicyclic amines) is 1. The first-order valence-electron chi connectivity index (χ1n) is 15.3. The van der Waals surface area contributed by atoms with Crippen LogP contribution < -0.4 is 5.32 Å². The molecule has 0 radical (unpaired) electrons. The van der Waals surface area contributed by atoms with Gasteiger partial charge in [-0.3, -0.25) is 14.4 Å². The first kappa shape index (κ1) is 30.8. The molecule has 0 saturated carbocycles. The molecule has 0 bridgehead atoms. The maximum atomic E-state index is 13.8. The van der Waals surface area contributed by atoms with Gasteiger partial charge in [0.25, 0.3) is 0 Å². The van der Waals surface area contributed by atoms with Gasteiger partial charge in [-0.05, 0) is 70.5 Å². The third-order valence-electron chi connectivity index (χ3n) is 8.27. The smallest absolute Gasteiger partial charge is 0.308 e. The molecule has 2 saturated heterocycles. The third kappa shape index (κ3) is 8.65. The number of carbonyl (C=O) groups is 3. The van der Waals surface area contributed by atoms with Crippen LogP contribution in [0.3, 0.4) is 0 Å². The summed E-state index contributed by atoms with van der Waals surface area (Å²) in [7, 11) is 0. The van der Waals surface area contributed by atoms with Crippen molar-refractivity contribution in [1.82, 2.24) is 15.1 Å². The Balaban J connectivity index is 1.33. The summed E-state index contributed by atoms with van der Waals surface area (Å²) < 4.78 is 5.52. The zero-order chi connectivity index (χ0) is 29.3. The molecule has 7 heteroatoms. The quantitative estimate of drug-likeness (QED) is 0.294. The second kappa shape index (κ2) is 14.1. The van der Waals surface area contributed by atoms with Gasteiger partial charge in [0.15, 0.2) is 0 Å². The molecule has 2 aliphatic rings. The summed E-state index contributed by atoms with van der Waals surface area (Å²) in [4.78, 5) is 44.3. The lowest BCUT2D eigenvalue weighted by Crippen LogP contribution is -2.73. The van der Waals surface area contributed by atoms with Crippen molar-refractivity contribution >= 4 is 17.8 Å². The maximum Gasteiger partial charge on any atom is 0.308 e. The van der Waals surface area contributed by atoms with Crippen LogP contribution in [-0.2, 0) is 32.0 Å². The molecule has 1 N–H and O–H groups in total. The Morgan fingerprint density at radius 2 is 1.49 bits per heavy atom. The fraction of sp³-hybridized carbons (Fsp3) is 0.559. The van der Waals surface area contributed by atoms with E-state index in [9.17, 15) is 14.4 Å². The summed E-state index contributed by atoms with van der Waals surface area (Å²) in [6, 6.07) is 19.7. The lowest BCUT2D eigenvalue weighted by atomic mass is 9.81. The standard InChI is InChI=1S/C34H47N3O4/c1-33(2,3)41-30(38)19-23-37-31(39)29(26-28-17-11-7-12-18-28)35-32(40)34(37)20-24-36(25-21-34)22-13-5-4-8-14-27-15-9-6-10-16-27/h6-7,9-12,15-18,29H,4-5,8,13-14,19-26H2,1-3H3,(H,35,40). The largest absolute Gasteiger partial charge is 0.460 e. The number of hydrogen-bond acceptors (Lipinski definition) is 5. The second-order valence-electron chi connectivity index (χ2n) is 12.6. The minimum atomic E-state index is -0.918. The fourth-order valence-electron chi connectivity index (χ4n) is 6.09. The van der Waals surface area contributed by atoms with E-state index in [1.54, 1.807) is 4.90 Å². The van der Waals surface area contributed by atoms with E-state index in [2.05, 4.69) is 40.5 Å². The Kier molecular flexibility index (Phi) is 10.6. The molecule has 1 spiro atoms. The number of ether oxygens (including phenoxy) is 1. The van der Waals surface area contributed by atoms with Crippen molar-refractivity contribution in [2.75, 3.05) is 26.2 Å². The SMILES string of the molecule is CC(C)(C)OC(=O)CCN1C(=O)C(Cc2ccccc2)NC(=O)C12CCN(CCCCCCc1ccccc1)CC2. The van der Waals surface area contributed by atoms with E-state index in [1.165, 1.54) is 24.8 Å². The molecule has 1 atom stereocenters. The maximum absolute atomic E-state index is 13.8. The van der Waals surface area contributed by atoms with E-state index in [-0.39, 0.29) is 30.7 Å². The molecule has 1 unspecified atom stereocenters. The second-order valence-corrected chi connectivity index (χ2v) is 12.6. The van der Waals surface area contributed by atoms with Crippen molar-refractivity contribution < 1.29 is 19.1 Å². The number of piperidine rings is 1. The highest BCUT2D eigenvalue weighted by Gasteiger charge is 2.53. The highest BCUT2D eigenvalue weighted by atomic mass is 16.6. The molecule has 0 aromatic heterocycles. The van der Waals surface area contributed by atoms with Crippen LogP contribution in [0.2, 0.25) is 0 Å². The molecule has 222 valence electrons. The highest BCUT2D eigenvalue weighted by molar-refractivity contribution is 6.00. The Morgan fingerprint density at radius 1 is 0.878 bits per heavy atom. The molecule has 2 heterocycles. The number of unbranched alkanes of at least 4 members (excludes halogenated alkanes) is 3. The average Bonchev–Trinajstić information content (AvgIpc) is 2.94. The number of amides is 2. The van der Waals surface area contributed by atoms with Gasteiger partial charge in [0.2, 0.25) is 11.8 Å².